The van der Waals surface area contributed by atoms with Crippen molar-refractivity contribution >= 4 is 28.6 Å². The van der Waals surface area contributed by atoms with Crippen LogP contribution in [0.5, 0.6) is 5.75 Å². The van der Waals surface area contributed by atoms with Crippen LogP contribution in [0.2, 0.25) is 0 Å². The van der Waals surface area contributed by atoms with Crippen molar-refractivity contribution in [3.05, 3.63) is 21.0 Å². The van der Waals surface area contributed by atoms with Gasteiger partial charge in [0.1, 0.15) is 3.70 Å². The average Bonchev–Trinajstić information content (AvgIpc) is 2.21. The molecule has 1 aromatic heterocycles. The van der Waals surface area contributed by atoms with Crippen molar-refractivity contribution in [2.45, 2.75) is 19.3 Å². The molecule has 100 valence electrons. The first-order valence-corrected chi connectivity index (χ1v) is 5.66. The number of aromatic nitrogens is 1. The number of pyridine rings is 1. The van der Waals surface area contributed by atoms with Gasteiger partial charge in [-0.05, 0) is 28.2 Å². The number of halogens is 4. The minimum Gasteiger partial charge on any atom is -0.481 e. The van der Waals surface area contributed by atoms with Gasteiger partial charge in [-0.3, -0.25) is 4.79 Å². The Kier molecular flexibility index (Phi) is 4.73. The minimum atomic E-state index is -4.91. The maximum Gasteiger partial charge on any atom is 0.573 e. The Hall–Kier alpha value is -1.10. The molecule has 0 aliphatic carbocycles. The fraction of sp³-hybridized carbons (Fsp3) is 0.333. The summed E-state index contributed by atoms with van der Waals surface area (Å²) < 4.78 is 40.5. The first-order valence-electron chi connectivity index (χ1n) is 4.58. The molecule has 0 aliphatic heterocycles. The number of carbonyl (C=O) groups is 1. The lowest BCUT2D eigenvalue weighted by Crippen LogP contribution is -2.21. The Morgan fingerprint density at radius 1 is 1.56 bits per heavy atom. The predicted octanol–water partition coefficient (Wildman–Crippen LogP) is 1.67. The highest BCUT2D eigenvalue weighted by Gasteiger charge is 2.34. The van der Waals surface area contributed by atoms with E-state index in [0.29, 0.717) is 0 Å². The number of carboxylic acid groups (broad SMARTS) is 1. The zero-order valence-electron chi connectivity index (χ0n) is 8.79. The molecule has 0 aliphatic rings. The molecule has 0 bridgehead atoms. The van der Waals surface area contributed by atoms with Crippen molar-refractivity contribution in [1.82, 2.24) is 4.98 Å². The second-order valence-electron chi connectivity index (χ2n) is 3.20. The molecule has 0 saturated heterocycles. The van der Waals surface area contributed by atoms with Crippen LogP contribution in [-0.4, -0.2) is 22.4 Å². The quantitative estimate of drug-likeness (QED) is 0.617. The van der Waals surface area contributed by atoms with Crippen LogP contribution >= 0.6 is 22.6 Å². The molecular formula is C9H8F3IN2O3. The molecule has 0 amide bonds. The first kappa shape index (κ1) is 15.0. The van der Waals surface area contributed by atoms with Crippen LogP contribution in [0.25, 0.3) is 0 Å². The first-order chi connectivity index (χ1) is 8.24. The summed E-state index contributed by atoms with van der Waals surface area (Å²) in [7, 11) is 0. The number of hydrogen-bond acceptors (Lipinski definition) is 4. The van der Waals surface area contributed by atoms with Gasteiger partial charge >= 0.3 is 12.3 Å². The van der Waals surface area contributed by atoms with Crippen LogP contribution < -0.4 is 10.5 Å². The number of alkyl halides is 3. The van der Waals surface area contributed by atoms with E-state index in [1.807, 2.05) is 0 Å². The maximum absolute atomic E-state index is 12.2. The lowest BCUT2D eigenvalue weighted by Gasteiger charge is -2.16. The summed E-state index contributed by atoms with van der Waals surface area (Å²) in [4.78, 5) is 14.4. The van der Waals surface area contributed by atoms with Gasteiger partial charge in [0.2, 0.25) is 0 Å². The van der Waals surface area contributed by atoms with E-state index in [9.17, 15) is 18.0 Å². The van der Waals surface area contributed by atoms with Crippen LogP contribution in [0.15, 0.2) is 6.20 Å². The fourth-order valence-corrected chi connectivity index (χ4v) is 1.86. The van der Waals surface area contributed by atoms with Gasteiger partial charge < -0.3 is 15.6 Å². The topological polar surface area (TPSA) is 85.4 Å². The molecule has 1 heterocycles. The second kappa shape index (κ2) is 5.69. The molecular weight excluding hydrogens is 368 g/mol. The van der Waals surface area contributed by atoms with Crippen molar-refractivity contribution in [3.63, 3.8) is 0 Å². The van der Waals surface area contributed by atoms with Crippen molar-refractivity contribution in [2.24, 2.45) is 5.73 Å². The highest BCUT2D eigenvalue weighted by atomic mass is 127. The summed E-state index contributed by atoms with van der Waals surface area (Å²) >= 11 is 1.54. The van der Waals surface area contributed by atoms with E-state index in [4.69, 9.17) is 10.8 Å². The van der Waals surface area contributed by atoms with Crippen molar-refractivity contribution in [2.75, 3.05) is 0 Å². The summed E-state index contributed by atoms with van der Waals surface area (Å²) in [6, 6.07) is 0. The maximum atomic E-state index is 12.2. The molecule has 9 heteroatoms. The summed E-state index contributed by atoms with van der Waals surface area (Å²) in [6.45, 7) is -0.124. The third-order valence-electron chi connectivity index (χ3n) is 1.95. The molecule has 0 saturated carbocycles. The number of nitrogens with zero attached hydrogens (tertiary/aromatic N) is 1. The van der Waals surface area contributed by atoms with E-state index in [0.717, 1.165) is 0 Å². The van der Waals surface area contributed by atoms with Gasteiger partial charge in [-0.25, -0.2) is 4.98 Å². The third kappa shape index (κ3) is 3.98. The highest BCUT2D eigenvalue weighted by Crippen LogP contribution is 2.32. The molecule has 0 radical (unpaired) electrons. The average molecular weight is 376 g/mol. The van der Waals surface area contributed by atoms with Gasteiger partial charge in [0.15, 0.2) is 5.75 Å². The van der Waals surface area contributed by atoms with Gasteiger partial charge in [0, 0.05) is 18.3 Å². The Balaban J connectivity index is 3.31. The Labute approximate surface area is 113 Å². The normalized spacial score (nSPS) is 11.4. The van der Waals surface area contributed by atoms with E-state index < -0.39 is 24.5 Å². The van der Waals surface area contributed by atoms with Crippen LogP contribution in [0.4, 0.5) is 13.2 Å². The number of hydrogen-bond donors (Lipinski definition) is 2. The Morgan fingerprint density at radius 2 is 2.17 bits per heavy atom. The van der Waals surface area contributed by atoms with Gasteiger partial charge in [0.25, 0.3) is 0 Å². The number of ether oxygens (including phenoxy) is 1. The van der Waals surface area contributed by atoms with E-state index in [1.165, 1.54) is 28.8 Å². The van der Waals surface area contributed by atoms with Crippen LogP contribution in [0, 0.1) is 3.70 Å². The van der Waals surface area contributed by atoms with E-state index in [1.54, 1.807) is 0 Å². The molecule has 18 heavy (non-hydrogen) atoms. The molecule has 1 rings (SSSR count). The molecule has 0 fully saturated rings. The molecule has 0 unspecified atom stereocenters. The Bertz CT molecular complexity index is 465. The zero-order valence-corrected chi connectivity index (χ0v) is 10.9. The number of nitrogens with two attached hydrogens (primary N) is 1. The molecule has 5 nitrogen and oxygen atoms in total. The fourth-order valence-electron chi connectivity index (χ4n) is 1.28. The van der Waals surface area contributed by atoms with Gasteiger partial charge in [-0.1, -0.05) is 0 Å². The van der Waals surface area contributed by atoms with E-state index in [-0.39, 0.29) is 21.4 Å². The minimum absolute atomic E-state index is 0.0709. The smallest absolute Gasteiger partial charge is 0.481 e. The highest BCUT2D eigenvalue weighted by molar-refractivity contribution is 14.1. The second-order valence-corrected chi connectivity index (χ2v) is 4.23. The van der Waals surface area contributed by atoms with Gasteiger partial charge in [-0.15, -0.1) is 13.2 Å². The molecule has 0 aromatic carbocycles. The lowest BCUT2D eigenvalue weighted by molar-refractivity contribution is -0.275. The van der Waals surface area contributed by atoms with Gasteiger partial charge in [0.05, 0.1) is 6.42 Å². The molecule has 0 spiro atoms. The largest absolute Gasteiger partial charge is 0.573 e. The molecule has 3 N–H and O–H groups in total. The number of rotatable bonds is 4. The van der Waals surface area contributed by atoms with Crippen LogP contribution in [-0.2, 0) is 17.8 Å². The Morgan fingerprint density at radius 3 is 2.61 bits per heavy atom. The molecule has 1 aromatic rings. The van der Waals surface area contributed by atoms with Gasteiger partial charge in [-0.2, -0.15) is 0 Å². The molecule has 0 atom stereocenters. The van der Waals surface area contributed by atoms with Crippen LogP contribution in [0.3, 0.4) is 0 Å². The zero-order chi connectivity index (χ0) is 13.9. The van der Waals surface area contributed by atoms with Crippen LogP contribution in [0.1, 0.15) is 11.1 Å². The summed E-state index contributed by atoms with van der Waals surface area (Å²) in [6.07, 6.45) is -4.29. The third-order valence-corrected chi connectivity index (χ3v) is 2.72. The van der Waals surface area contributed by atoms with Crippen molar-refractivity contribution in [1.29, 1.82) is 0 Å². The van der Waals surface area contributed by atoms with E-state index >= 15 is 0 Å². The predicted molar refractivity (Wildman–Crippen MR) is 62.9 cm³/mol. The standard InChI is InChI=1S/C9H8F3IN2O3/c10-9(11,12)18-7-5(1-6(16)17)4(2-14)3-15-8(7)13/h3H,1-2,14H2,(H,16,17). The summed E-state index contributed by atoms with van der Waals surface area (Å²) in [5.41, 5.74) is 5.43. The number of carboxylic acids is 1. The van der Waals surface area contributed by atoms with E-state index in [2.05, 4.69) is 9.72 Å². The lowest BCUT2D eigenvalue weighted by atomic mass is 10.1. The number of aliphatic carboxylic acids is 1. The van der Waals surface area contributed by atoms with Crippen molar-refractivity contribution < 1.29 is 27.8 Å². The summed E-state index contributed by atoms with van der Waals surface area (Å²) in [5, 5.41) is 8.70. The van der Waals surface area contributed by atoms with Crippen molar-refractivity contribution in [3.8, 4) is 5.75 Å². The summed E-state index contributed by atoms with van der Waals surface area (Å²) in [5.74, 6) is -1.88. The SMILES string of the molecule is NCc1cnc(I)c(OC(F)(F)F)c1CC(=O)O. The monoisotopic (exact) mass is 376 g/mol.